The molecule has 0 spiro atoms. The minimum absolute atomic E-state index is 0.214. The molecular formula is C28H22N2O2. The molecule has 2 aliphatic heterocycles. The predicted octanol–water partition coefficient (Wildman–Crippen LogP) is 5.20. The van der Waals surface area contributed by atoms with E-state index >= 15 is 0 Å². The first-order chi connectivity index (χ1) is 15.7. The number of rotatable bonds is 4. The van der Waals surface area contributed by atoms with Crippen molar-refractivity contribution in [3.8, 4) is 0 Å². The molecule has 0 aromatic heterocycles. The smallest absolute Gasteiger partial charge is 0.261 e. The highest BCUT2D eigenvalue weighted by Gasteiger charge is 2.35. The largest absolute Gasteiger partial charge is 0.367 e. The second-order valence-electron chi connectivity index (χ2n) is 8.47. The first-order valence-corrected chi connectivity index (χ1v) is 11.0. The Kier molecular flexibility index (Phi) is 4.32. The van der Waals surface area contributed by atoms with Crippen molar-refractivity contribution in [3.05, 3.63) is 113 Å². The molecule has 2 amide bonds. The lowest BCUT2D eigenvalue weighted by Crippen LogP contribution is -2.29. The van der Waals surface area contributed by atoms with Gasteiger partial charge in [-0.3, -0.25) is 14.5 Å². The van der Waals surface area contributed by atoms with Crippen molar-refractivity contribution in [2.75, 3.05) is 11.4 Å². The molecule has 4 aromatic rings. The second-order valence-corrected chi connectivity index (χ2v) is 8.47. The van der Waals surface area contributed by atoms with Gasteiger partial charge in [0.15, 0.2) is 0 Å². The van der Waals surface area contributed by atoms with Crippen LogP contribution in [-0.4, -0.2) is 23.3 Å². The van der Waals surface area contributed by atoms with Crippen LogP contribution in [0.25, 0.3) is 10.8 Å². The van der Waals surface area contributed by atoms with Crippen LogP contribution in [0.1, 0.15) is 37.4 Å². The number of amides is 2. The molecular weight excluding hydrogens is 396 g/mol. The van der Waals surface area contributed by atoms with E-state index < -0.39 is 0 Å². The average molecular weight is 418 g/mol. The van der Waals surface area contributed by atoms with Crippen molar-refractivity contribution in [3.63, 3.8) is 0 Å². The van der Waals surface area contributed by atoms with Gasteiger partial charge in [0, 0.05) is 18.8 Å². The van der Waals surface area contributed by atoms with Gasteiger partial charge >= 0.3 is 0 Å². The number of hydrogen-bond donors (Lipinski definition) is 0. The third kappa shape index (κ3) is 2.91. The van der Waals surface area contributed by atoms with Crippen LogP contribution in [0.5, 0.6) is 0 Å². The predicted molar refractivity (Wildman–Crippen MR) is 126 cm³/mol. The molecule has 0 unspecified atom stereocenters. The van der Waals surface area contributed by atoms with Crippen LogP contribution in [0, 0.1) is 0 Å². The van der Waals surface area contributed by atoms with E-state index in [1.165, 1.54) is 21.7 Å². The number of carbonyl (C=O) groups excluding carboxylic acids is 2. The van der Waals surface area contributed by atoms with E-state index in [9.17, 15) is 9.59 Å². The fraction of sp³-hybridized carbons (Fsp3) is 0.143. The van der Waals surface area contributed by atoms with Gasteiger partial charge in [-0.25, -0.2) is 0 Å². The highest BCUT2D eigenvalue weighted by atomic mass is 16.2. The van der Waals surface area contributed by atoms with Crippen LogP contribution in [0.3, 0.4) is 0 Å². The fourth-order valence-corrected chi connectivity index (χ4v) is 5.09. The van der Waals surface area contributed by atoms with E-state index in [-0.39, 0.29) is 18.4 Å². The second kappa shape index (κ2) is 7.34. The third-order valence-corrected chi connectivity index (χ3v) is 6.63. The summed E-state index contributed by atoms with van der Waals surface area (Å²) < 4.78 is 0. The monoisotopic (exact) mass is 418 g/mol. The van der Waals surface area contributed by atoms with Crippen molar-refractivity contribution in [2.45, 2.75) is 19.5 Å². The number of carbonyl (C=O) groups is 2. The van der Waals surface area contributed by atoms with Gasteiger partial charge in [-0.1, -0.05) is 66.7 Å². The van der Waals surface area contributed by atoms with Crippen LogP contribution in [0.2, 0.25) is 0 Å². The molecule has 4 nitrogen and oxygen atoms in total. The molecule has 0 fully saturated rings. The Hall–Kier alpha value is -3.92. The summed E-state index contributed by atoms with van der Waals surface area (Å²) in [4.78, 5) is 29.7. The minimum Gasteiger partial charge on any atom is -0.367 e. The van der Waals surface area contributed by atoms with E-state index in [1.807, 2.05) is 12.1 Å². The number of hydrogen-bond acceptors (Lipinski definition) is 3. The standard InChI is InChI=1S/C28H22N2O2/c31-27-23-12-2-3-13-24(23)28(32)30(27)18-22-11-6-9-20-8-5-10-21(26(20)22)17-29-16-15-19-7-1-4-14-25(19)29/h1-14H,15-18H2. The lowest BCUT2D eigenvalue weighted by molar-refractivity contribution is 0.0643. The first-order valence-electron chi connectivity index (χ1n) is 11.0. The lowest BCUT2D eigenvalue weighted by atomic mass is 9.98. The van der Waals surface area contributed by atoms with E-state index in [4.69, 9.17) is 0 Å². The van der Waals surface area contributed by atoms with E-state index in [1.54, 1.807) is 24.3 Å². The topological polar surface area (TPSA) is 40.6 Å². The number of para-hydroxylation sites is 1. The molecule has 0 aliphatic carbocycles. The van der Waals surface area contributed by atoms with Crippen molar-refractivity contribution >= 4 is 28.3 Å². The Balaban J connectivity index is 1.38. The number of imide groups is 1. The molecule has 4 aromatic carbocycles. The van der Waals surface area contributed by atoms with Gasteiger partial charge in [0.1, 0.15) is 0 Å². The summed E-state index contributed by atoms with van der Waals surface area (Å²) in [5.41, 5.74) is 5.88. The molecule has 4 heteroatoms. The molecule has 6 rings (SSSR count). The van der Waals surface area contributed by atoms with E-state index in [0.29, 0.717) is 11.1 Å². The number of fused-ring (bicyclic) bond motifs is 3. The maximum absolute atomic E-state index is 12.9. The summed E-state index contributed by atoms with van der Waals surface area (Å²) in [6.45, 7) is 2.07. The Morgan fingerprint density at radius 1 is 0.656 bits per heavy atom. The van der Waals surface area contributed by atoms with Crippen LogP contribution in [0.15, 0.2) is 84.9 Å². The summed E-state index contributed by atoms with van der Waals surface area (Å²) in [5.74, 6) is -0.429. The summed E-state index contributed by atoms with van der Waals surface area (Å²) in [7, 11) is 0. The van der Waals surface area contributed by atoms with Crippen LogP contribution < -0.4 is 4.90 Å². The van der Waals surface area contributed by atoms with Crippen LogP contribution >= 0.6 is 0 Å². The van der Waals surface area contributed by atoms with Gasteiger partial charge in [-0.2, -0.15) is 0 Å². The summed E-state index contributed by atoms with van der Waals surface area (Å²) in [6, 6.07) is 28.1. The molecule has 156 valence electrons. The van der Waals surface area contributed by atoms with Crippen molar-refractivity contribution < 1.29 is 9.59 Å². The SMILES string of the molecule is O=C1c2ccccc2C(=O)N1Cc1cccc2cccc(CN3CCc4ccccc43)c12. The van der Waals surface area contributed by atoms with Gasteiger partial charge in [-0.05, 0) is 52.1 Å². The van der Waals surface area contributed by atoms with Gasteiger partial charge in [0.25, 0.3) is 11.8 Å². The quantitative estimate of drug-likeness (QED) is 0.428. The summed E-state index contributed by atoms with van der Waals surface area (Å²) in [5, 5.41) is 2.26. The maximum Gasteiger partial charge on any atom is 0.261 e. The third-order valence-electron chi connectivity index (χ3n) is 6.63. The average Bonchev–Trinajstić information content (AvgIpc) is 3.34. The summed E-state index contributed by atoms with van der Waals surface area (Å²) in [6.07, 6.45) is 1.06. The number of nitrogens with zero attached hydrogens (tertiary/aromatic N) is 2. The fourth-order valence-electron chi connectivity index (χ4n) is 5.09. The summed E-state index contributed by atoms with van der Waals surface area (Å²) >= 11 is 0. The van der Waals surface area contributed by atoms with Crippen molar-refractivity contribution in [1.82, 2.24) is 4.90 Å². The van der Waals surface area contributed by atoms with Crippen LogP contribution in [-0.2, 0) is 19.5 Å². The van der Waals surface area contributed by atoms with Gasteiger partial charge < -0.3 is 4.90 Å². The number of anilines is 1. The van der Waals surface area contributed by atoms with E-state index in [2.05, 4.69) is 53.4 Å². The van der Waals surface area contributed by atoms with Crippen molar-refractivity contribution in [2.24, 2.45) is 0 Å². The lowest BCUT2D eigenvalue weighted by Gasteiger charge is -2.22. The van der Waals surface area contributed by atoms with Crippen molar-refractivity contribution in [1.29, 1.82) is 0 Å². The zero-order chi connectivity index (χ0) is 21.7. The molecule has 0 radical (unpaired) electrons. The highest BCUT2D eigenvalue weighted by molar-refractivity contribution is 6.21. The van der Waals surface area contributed by atoms with Gasteiger partial charge in [-0.15, -0.1) is 0 Å². The Morgan fingerprint density at radius 3 is 2.00 bits per heavy atom. The zero-order valence-corrected chi connectivity index (χ0v) is 17.6. The maximum atomic E-state index is 12.9. The molecule has 2 aliphatic rings. The first kappa shape index (κ1) is 18.8. The minimum atomic E-state index is -0.214. The zero-order valence-electron chi connectivity index (χ0n) is 17.6. The Morgan fingerprint density at radius 2 is 1.28 bits per heavy atom. The Labute approximate surface area is 186 Å². The molecule has 0 N–H and O–H groups in total. The molecule has 0 saturated carbocycles. The highest BCUT2D eigenvalue weighted by Crippen LogP contribution is 2.33. The molecule has 0 atom stereocenters. The molecule has 0 bridgehead atoms. The molecule has 32 heavy (non-hydrogen) atoms. The van der Waals surface area contributed by atoms with Gasteiger partial charge in [0.05, 0.1) is 17.7 Å². The van der Waals surface area contributed by atoms with Crippen LogP contribution in [0.4, 0.5) is 5.69 Å². The number of benzene rings is 4. The van der Waals surface area contributed by atoms with Gasteiger partial charge in [0.2, 0.25) is 0 Å². The Bertz CT molecular complexity index is 1350. The van der Waals surface area contributed by atoms with E-state index in [0.717, 1.165) is 35.8 Å². The molecule has 2 heterocycles. The normalized spacial score (nSPS) is 14.9. The molecule has 0 saturated heterocycles.